The lowest BCUT2D eigenvalue weighted by Gasteiger charge is -1.98. The summed E-state index contributed by atoms with van der Waals surface area (Å²) in [5.41, 5.74) is 1.21. The molecule has 64 valence electrons. The van der Waals surface area contributed by atoms with Crippen molar-refractivity contribution in [3.8, 4) is 0 Å². The van der Waals surface area contributed by atoms with Gasteiger partial charge in [-0.1, -0.05) is 12.1 Å². The molecule has 2 N–H and O–H groups in total. The molecule has 1 aromatic rings. The third-order valence-electron chi connectivity index (χ3n) is 2.22. The lowest BCUT2D eigenvalue weighted by Crippen LogP contribution is -2.84. The van der Waals surface area contributed by atoms with Crippen LogP contribution in [0.15, 0.2) is 24.3 Å². The van der Waals surface area contributed by atoms with E-state index in [1.165, 1.54) is 30.5 Å². The Morgan fingerprint density at radius 3 is 2.50 bits per heavy atom. The fraction of sp³-hybridized carbons (Fsp3) is 0.400. The summed E-state index contributed by atoms with van der Waals surface area (Å²) in [6.45, 7) is 0.991. The highest BCUT2D eigenvalue weighted by molar-refractivity contribution is 5.14. The van der Waals surface area contributed by atoms with E-state index in [0.29, 0.717) is 0 Å². The molecule has 0 amide bonds. The van der Waals surface area contributed by atoms with Gasteiger partial charge in [0.25, 0.3) is 0 Å². The molecule has 1 aliphatic rings. The Kier molecular flexibility index (Phi) is 2.09. The molecule has 1 nitrogen and oxygen atoms in total. The molecule has 0 spiro atoms. The maximum Gasteiger partial charge on any atom is 0.123 e. The number of quaternary nitrogens is 1. The first-order valence-corrected chi connectivity index (χ1v) is 4.42. The van der Waals surface area contributed by atoms with Gasteiger partial charge in [-0.05, 0) is 12.1 Å². The topological polar surface area (TPSA) is 16.6 Å². The quantitative estimate of drug-likeness (QED) is 0.691. The van der Waals surface area contributed by atoms with Crippen LogP contribution >= 0.6 is 0 Å². The standard InChI is InChI=1S/C10H12FN/c11-9-3-1-8(2-4-9)7-12-10-5-6-10/h1-4,10,12H,5-7H2/p+1. The number of halogens is 1. The van der Waals surface area contributed by atoms with Gasteiger partial charge >= 0.3 is 0 Å². The van der Waals surface area contributed by atoms with Gasteiger partial charge in [-0.2, -0.15) is 0 Å². The van der Waals surface area contributed by atoms with E-state index in [1.54, 1.807) is 0 Å². The summed E-state index contributed by atoms with van der Waals surface area (Å²) in [7, 11) is 0. The summed E-state index contributed by atoms with van der Waals surface area (Å²) in [4.78, 5) is 0. The van der Waals surface area contributed by atoms with Crippen LogP contribution < -0.4 is 5.32 Å². The van der Waals surface area contributed by atoms with E-state index in [0.717, 1.165) is 12.6 Å². The van der Waals surface area contributed by atoms with E-state index >= 15 is 0 Å². The molecule has 0 aromatic heterocycles. The average molecular weight is 166 g/mol. The van der Waals surface area contributed by atoms with Crippen LogP contribution in [-0.2, 0) is 6.54 Å². The van der Waals surface area contributed by atoms with E-state index in [-0.39, 0.29) is 5.82 Å². The van der Waals surface area contributed by atoms with Gasteiger partial charge in [-0.3, -0.25) is 0 Å². The Labute approximate surface area is 71.6 Å². The maximum absolute atomic E-state index is 12.5. The first kappa shape index (κ1) is 7.74. The molecular formula is C10H13FN+. The second-order valence-corrected chi connectivity index (χ2v) is 3.40. The molecule has 0 bridgehead atoms. The van der Waals surface area contributed by atoms with Crippen molar-refractivity contribution in [3.63, 3.8) is 0 Å². The van der Waals surface area contributed by atoms with Crippen LogP contribution in [0.1, 0.15) is 18.4 Å². The minimum atomic E-state index is -0.148. The predicted molar refractivity (Wildman–Crippen MR) is 45.1 cm³/mol. The Hall–Kier alpha value is -0.890. The van der Waals surface area contributed by atoms with Crippen LogP contribution in [0.2, 0.25) is 0 Å². The van der Waals surface area contributed by atoms with E-state index in [1.807, 2.05) is 12.1 Å². The Morgan fingerprint density at radius 1 is 1.25 bits per heavy atom. The van der Waals surface area contributed by atoms with Gasteiger partial charge in [-0.15, -0.1) is 0 Å². The molecule has 2 rings (SSSR count). The molecule has 0 heterocycles. The molecule has 0 atom stereocenters. The molecule has 0 aliphatic heterocycles. The summed E-state index contributed by atoms with van der Waals surface area (Å²) < 4.78 is 12.5. The minimum Gasteiger partial charge on any atom is -0.340 e. The monoisotopic (exact) mass is 166 g/mol. The van der Waals surface area contributed by atoms with E-state index < -0.39 is 0 Å². The van der Waals surface area contributed by atoms with Crippen molar-refractivity contribution in [1.29, 1.82) is 0 Å². The Balaban J connectivity index is 1.89. The zero-order valence-electron chi connectivity index (χ0n) is 6.96. The van der Waals surface area contributed by atoms with Gasteiger partial charge in [0.15, 0.2) is 0 Å². The molecule has 1 saturated carbocycles. The summed E-state index contributed by atoms with van der Waals surface area (Å²) >= 11 is 0. The third-order valence-corrected chi connectivity index (χ3v) is 2.22. The average Bonchev–Trinajstić information content (AvgIpc) is 2.87. The highest BCUT2D eigenvalue weighted by atomic mass is 19.1. The molecule has 0 saturated heterocycles. The molecule has 1 aromatic carbocycles. The van der Waals surface area contributed by atoms with Crippen molar-refractivity contribution >= 4 is 0 Å². The second-order valence-electron chi connectivity index (χ2n) is 3.40. The molecule has 1 aliphatic carbocycles. The van der Waals surface area contributed by atoms with Crippen molar-refractivity contribution in [2.24, 2.45) is 0 Å². The lowest BCUT2D eigenvalue weighted by molar-refractivity contribution is -0.683. The summed E-state index contributed by atoms with van der Waals surface area (Å²) in [5, 5.41) is 2.33. The minimum absolute atomic E-state index is 0.148. The van der Waals surface area contributed by atoms with Crippen molar-refractivity contribution in [1.82, 2.24) is 0 Å². The SMILES string of the molecule is Fc1ccc(C[NH2+]C2CC2)cc1. The maximum atomic E-state index is 12.5. The van der Waals surface area contributed by atoms with Crippen LogP contribution in [0.5, 0.6) is 0 Å². The first-order valence-electron chi connectivity index (χ1n) is 4.42. The summed E-state index contributed by atoms with van der Waals surface area (Å²) in [5.74, 6) is -0.148. The van der Waals surface area contributed by atoms with Crippen LogP contribution in [0.3, 0.4) is 0 Å². The van der Waals surface area contributed by atoms with Gasteiger partial charge in [0.1, 0.15) is 12.4 Å². The van der Waals surface area contributed by atoms with Gasteiger partial charge in [-0.25, -0.2) is 4.39 Å². The predicted octanol–water partition coefficient (Wildman–Crippen LogP) is 1.05. The molecular weight excluding hydrogens is 153 g/mol. The second kappa shape index (κ2) is 3.23. The largest absolute Gasteiger partial charge is 0.340 e. The van der Waals surface area contributed by atoms with Crippen molar-refractivity contribution in [2.75, 3.05) is 0 Å². The summed E-state index contributed by atoms with van der Waals surface area (Å²) in [6.07, 6.45) is 2.70. The van der Waals surface area contributed by atoms with Crippen molar-refractivity contribution in [2.45, 2.75) is 25.4 Å². The fourth-order valence-electron chi connectivity index (χ4n) is 1.26. The van der Waals surface area contributed by atoms with Gasteiger partial charge in [0.05, 0.1) is 6.04 Å². The highest BCUT2D eigenvalue weighted by Crippen LogP contribution is 2.13. The van der Waals surface area contributed by atoms with E-state index in [2.05, 4.69) is 5.32 Å². The van der Waals surface area contributed by atoms with Gasteiger partial charge in [0, 0.05) is 18.4 Å². The molecule has 12 heavy (non-hydrogen) atoms. The molecule has 2 heteroatoms. The zero-order chi connectivity index (χ0) is 8.39. The Bertz CT molecular complexity index is 251. The normalized spacial score (nSPS) is 16.4. The van der Waals surface area contributed by atoms with Crippen LogP contribution in [0.25, 0.3) is 0 Å². The number of hydrogen-bond donors (Lipinski definition) is 1. The molecule has 0 unspecified atom stereocenters. The van der Waals surface area contributed by atoms with Crippen LogP contribution in [0, 0.1) is 5.82 Å². The van der Waals surface area contributed by atoms with Crippen molar-refractivity contribution < 1.29 is 9.71 Å². The third kappa shape index (κ3) is 2.05. The smallest absolute Gasteiger partial charge is 0.123 e. The van der Waals surface area contributed by atoms with Crippen molar-refractivity contribution in [3.05, 3.63) is 35.6 Å². The molecule has 0 radical (unpaired) electrons. The number of hydrogen-bond acceptors (Lipinski definition) is 0. The number of benzene rings is 1. The summed E-state index contributed by atoms with van der Waals surface area (Å²) in [6, 6.07) is 7.60. The zero-order valence-corrected chi connectivity index (χ0v) is 6.96. The van der Waals surface area contributed by atoms with E-state index in [9.17, 15) is 4.39 Å². The fourth-order valence-corrected chi connectivity index (χ4v) is 1.26. The number of rotatable bonds is 3. The molecule has 1 fully saturated rings. The van der Waals surface area contributed by atoms with Gasteiger partial charge < -0.3 is 5.32 Å². The lowest BCUT2D eigenvalue weighted by atomic mass is 10.2. The number of nitrogens with two attached hydrogens (primary N) is 1. The first-order chi connectivity index (χ1) is 5.84. The Morgan fingerprint density at radius 2 is 1.92 bits per heavy atom. The van der Waals surface area contributed by atoms with Crippen LogP contribution in [-0.4, -0.2) is 6.04 Å². The highest BCUT2D eigenvalue weighted by Gasteiger charge is 2.24. The van der Waals surface area contributed by atoms with Crippen LogP contribution in [0.4, 0.5) is 4.39 Å². The van der Waals surface area contributed by atoms with E-state index in [4.69, 9.17) is 0 Å². The van der Waals surface area contributed by atoms with Gasteiger partial charge in [0.2, 0.25) is 0 Å².